The van der Waals surface area contributed by atoms with E-state index in [4.69, 9.17) is 4.74 Å². The first-order chi connectivity index (χ1) is 8.91. The second kappa shape index (κ2) is 5.54. The van der Waals surface area contributed by atoms with Crippen molar-refractivity contribution >= 4 is 0 Å². The van der Waals surface area contributed by atoms with Crippen molar-refractivity contribution in [3.8, 4) is 5.75 Å². The van der Waals surface area contributed by atoms with Crippen LogP contribution in [0.3, 0.4) is 0 Å². The lowest BCUT2D eigenvalue weighted by molar-refractivity contribution is 0.390. The van der Waals surface area contributed by atoms with Gasteiger partial charge in [-0.25, -0.2) is 0 Å². The Balaban J connectivity index is 2.38. The average Bonchev–Trinajstić information content (AvgIpc) is 2.80. The lowest BCUT2D eigenvalue weighted by atomic mass is 9.83. The van der Waals surface area contributed by atoms with Crippen molar-refractivity contribution in [2.45, 2.75) is 58.4 Å². The molecule has 19 heavy (non-hydrogen) atoms. The SMILES string of the molecule is COc1c(CC2CCCN2)cc(C)cc1C(C)(C)C. The predicted octanol–water partition coefficient (Wildman–Crippen LogP) is 3.60. The number of rotatable bonds is 3. The molecule has 0 bridgehead atoms. The van der Waals surface area contributed by atoms with Gasteiger partial charge in [0.15, 0.2) is 0 Å². The summed E-state index contributed by atoms with van der Waals surface area (Å²) < 4.78 is 5.74. The van der Waals surface area contributed by atoms with E-state index >= 15 is 0 Å². The largest absolute Gasteiger partial charge is 0.496 e. The molecule has 1 saturated heterocycles. The second-order valence-corrected chi connectivity index (χ2v) is 6.75. The van der Waals surface area contributed by atoms with Crippen LogP contribution in [0.5, 0.6) is 5.75 Å². The molecule has 1 fully saturated rings. The summed E-state index contributed by atoms with van der Waals surface area (Å²) in [6.07, 6.45) is 3.65. The fourth-order valence-electron chi connectivity index (χ4n) is 2.99. The van der Waals surface area contributed by atoms with E-state index in [1.165, 1.54) is 29.5 Å². The van der Waals surface area contributed by atoms with E-state index in [1.807, 2.05) is 0 Å². The van der Waals surface area contributed by atoms with Gasteiger partial charge in [-0.15, -0.1) is 0 Å². The fourth-order valence-corrected chi connectivity index (χ4v) is 2.99. The summed E-state index contributed by atoms with van der Waals surface area (Å²) in [7, 11) is 1.80. The van der Waals surface area contributed by atoms with Crippen LogP contribution in [0, 0.1) is 6.92 Å². The lowest BCUT2D eigenvalue weighted by Gasteiger charge is -2.25. The van der Waals surface area contributed by atoms with Crippen molar-refractivity contribution in [1.29, 1.82) is 0 Å². The molecule has 2 heteroatoms. The molecule has 1 N–H and O–H groups in total. The van der Waals surface area contributed by atoms with Crippen LogP contribution in [0.15, 0.2) is 12.1 Å². The van der Waals surface area contributed by atoms with Crippen molar-refractivity contribution in [2.24, 2.45) is 0 Å². The molecule has 1 unspecified atom stereocenters. The maximum atomic E-state index is 5.74. The summed E-state index contributed by atoms with van der Waals surface area (Å²) in [4.78, 5) is 0. The molecule has 1 aliphatic heterocycles. The van der Waals surface area contributed by atoms with E-state index in [0.717, 1.165) is 18.7 Å². The Bertz CT molecular complexity index is 439. The molecule has 1 aromatic carbocycles. The Morgan fingerprint density at radius 1 is 1.32 bits per heavy atom. The lowest BCUT2D eigenvalue weighted by Crippen LogP contribution is -2.24. The Morgan fingerprint density at radius 3 is 2.58 bits per heavy atom. The van der Waals surface area contributed by atoms with Crippen LogP contribution in [-0.4, -0.2) is 19.7 Å². The van der Waals surface area contributed by atoms with Gasteiger partial charge in [-0.1, -0.05) is 38.5 Å². The molecule has 0 spiro atoms. The molecule has 106 valence electrons. The normalized spacial score (nSPS) is 19.7. The monoisotopic (exact) mass is 261 g/mol. The fraction of sp³-hybridized carbons (Fsp3) is 0.647. The van der Waals surface area contributed by atoms with Crippen molar-refractivity contribution in [1.82, 2.24) is 5.32 Å². The van der Waals surface area contributed by atoms with Crippen LogP contribution in [0.25, 0.3) is 0 Å². The van der Waals surface area contributed by atoms with Crippen LogP contribution < -0.4 is 10.1 Å². The van der Waals surface area contributed by atoms with Crippen LogP contribution >= 0.6 is 0 Å². The van der Waals surface area contributed by atoms with Crippen molar-refractivity contribution in [3.05, 3.63) is 28.8 Å². The molecular weight excluding hydrogens is 234 g/mol. The van der Waals surface area contributed by atoms with Gasteiger partial charge in [0, 0.05) is 11.6 Å². The molecule has 2 rings (SSSR count). The molecule has 0 aliphatic carbocycles. The van der Waals surface area contributed by atoms with Gasteiger partial charge in [0.1, 0.15) is 5.75 Å². The minimum Gasteiger partial charge on any atom is -0.496 e. The van der Waals surface area contributed by atoms with Crippen LogP contribution in [0.4, 0.5) is 0 Å². The average molecular weight is 261 g/mol. The number of aryl methyl sites for hydroxylation is 1. The molecule has 1 atom stereocenters. The Hall–Kier alpha value is -1.02. The third-order valence-electron chi connectivity index (χ3n) is 3.95. The van der Waals surface area contributed by atoms with Gasteiger partial charge in [-0.2, -0.15) is 0 Å². The van der Waals surface area contributed by atoms with E-state index in [2.05, 4.69) is 45.1 Å². The van der Waals surface area contributed by atoms with Crippen molar-refractivity contribution in [3.63, 3.8) is 0 Å². The van der Waals surface area contributed by atoms with E-state index in [9.17, 15) is 0 Å². The predicted molar refractivity (Wildman–Crippen MR) is 81.2 cm³/mol. The van der Waals surface area contributed by atoms with Crippen molar-refractivity contribution in [2.75, 3.05) is 13.7 Å². The molecule has 1 aromatic rings. The first kappa shape index (κ1) is 14.4. The van der Waals surface area contributed by atoms with Gasteiger partial charge in [-0.3, -0.25) is 0 Å². The van der Waals surface area contributed by atoms with E-state index in [0.29, 0.717) is 6.04 Å². The Kier molecular flexibility index (Phi) is 4.19. The van der Waals surface area contributed by atoms with E-state index < -0.39 is 0 Å². The van der Waals surface area contributed by atoms with Gasteiger partial charge in [-0.05, 0) is 43.7 Å². The van der Waals surface area contributed by atoms with Gasteiger partial charge >= 0.3 is 0 Å². The number of hydrogen-bond acceptors (Lipinski definition) is 2. The third kappa shape index (κ3) is 3.30. The smallest absolute Gasteiger partial charge is 0.125 e. The zero-order valence-corrected chi connectivity index (χ0v) is 13.0. The molecule has 0 amide bonds. The standard InChI is InChI=1S/C17H27NO/c1-12-9-13(11-14-7-6-8-18-14)16(19-5)15(10-12)17(2,3)4/h9-10,14,18H,6-8,11H2,1-5H3. The minimum absolute atomic E-state index is 0.120. The van der Waals surface area contributed by atoms with Crippen LogP contribution in [-0.2, 0) is 11.8 Å². The number of hydrogen-bond donors (Lipinski definition) is 1. The van der Waals surface area contributed by atoms with Gasteiger partial charge in [0.2, 0.25) is 0 Å². The summed E-state index contributed by atoms with van der Waals surface area (Å²) in [6, 6.07) is 5.17. The quantitative estimate of drug-likeness (QED) is 0.897. The van der Waals surface area contributed by atoms with Gasteiger partial charge < -0.3 is 10.1 Å². The van der Waals surface area contributed by atoms with Crippen LogP contribution in [0.2, 0.25) is 0 Å². The summed E-state index contributed by atoms with van der Waals surface area (Å²) in [5.41, 5.74) is 4.13. The molecule has 0 radical (unpaired) electrons. The highest BCUT2D eigenvalue weighted by atomic mass is 16.5. The van der Waals surface area contributed by atoms with Gasteiger partial charge in [0.05, 0.1) is 7.11 Å². The summed E-state index contributed by atoms with van der Waals surface area (Å²) in [5.74, 6) is 1.09. The minimum atomic E-state index is 0.120. The molecular formula is C17H27NO. The Morgan fingerprint density at radius 2 is 2.05 bits per heavy atom. The summed E-state index contributed by atoms with van der Waals surface area (Å²) >= 11 is 0. The Labute approximate surface area is 117 Å². The van der Waals surface area contributed by atoms with Crippen molar-refractivity contribution < 1.29 is 4.74 Å². The molecule has 0 aromatic heterocycles. The molecule has 0 saturated carbocycles. The highest BCUT2D eigenvalue weighted by molar-refractivity contribution is 5.48. The topological polar surface area (TPSA) is 21.3 Å². The summed E-state index contributed by atoms with van der Waals surface area (Å²) in [5, 5.41) is 3.58. The number of nitrogens with one attached hydrogen (secondary N) is 1. The van der Waals surface area contributed by atoms with E-state index in [-0.39, 0.29) is 5.41 Å². The van der Waals surface area contributed by atoms with Gasteiger partial charge in [0.25, 0.3) is 0 Å². The molecule has 2 nitrogen and oxygen atoms in total. The number of ether oxygens (including phenoxy) is 1. The first-order valence-electron chi connectivity index (χ1n) is 7.33. The highest BCUT2D eigenvalue weighted by Crippen LogP contribution is 2.36. The first-order valence-corrected chi connectivity index (χ1v) is 7.33. The van der Waals surface area contributed by atoms with Crippen LogP contribution in [0.1, 0.15) is 50.3 Å². The number of benzene rings is 1. The molecule has 1 heterocycles. The number of methoxy groups -OCH3 is 1. The third-order valence-corrected chi connectivity index (χ3v) is 3.95. The maximum Gasteiger partial charge on any atom is 0.125 e. The van der Waals surface area contributed by atoms with E-state index in [1.54, 1.807) is 7.11 Å². The maximum absolute atomic E-state index is 5.74. The second-order valence-electron chi connectivity index (χ2n) is 6.75. The zero-order chi connectivity index (χ0) is 14.0. The zero-order valence-electron chi connectivity index (χ0n) is 13.0. The highest BCUT2D eigenvalue weighted by Gasteiger charge is 2.23. The molecule has 1 aliphatic rings. The summed E-state index contributed by atoms with van der Waals surface area (Å²) in [6.45, 7) is 10.1.